The molecule has 0 aromatic carbocycles. The molecule has 1 atom stereocenters. The summed E-state index contributed by atoms with van der Waals surface area (Å²) >= 11 is 0. The Labute approximate surface area is 153 Å². The van der Waals surface area contributed by atoms with Crippen LogP contribution < -0.4 is 0 Å². The molecular formula is C19H42BO3P. The van der Waals surface area contributed by atoms with E-state index in [1.807, 2.05) is 0 Å². The predicted octanol–water partition coefficient (Wildman–Crippen LogP) is 5.87. The van der Waals surface area contributed by atoms with Crippen LogP contribution in [0.15, 0.2) is 0 Å². The number of hydrogen-bond acceptors (Lipinski definition) is 3. The van der Waals surface area contributed by atoms with E-state index in [-0.39, 0.29) is 0 Å². The van der Waals surface area contributed by atoms with Gasteiger partial charge in [-0.05, 0) is 12.6 Å². The standard InChI is InChI=1S/C19H42BO3P/c1-2-3-4-5-6-7-8-9-10-11-12-13-14-15-16-17-18-24-19-23-20(21)22/h21-22,24H,2-19H2,1H3. The minimum atomic E-state index is -1.59. The first-order valence-corrected chi connectivity index (χ1v) is 11.9. The zero-order valence-corrected chi connectivity index (χ0v) is 17.1. The van der Waals surface area contributed by atoms with Gasteiger partial charge in [0.2, 0.25) is 0 Å². The molecule has 0 aliphatic rings. The highest BCUT2D eigenvalue weighted by Gasteiger charge is 2.06. The topological polar surface area (TPSA) is 49.7 Å². The number of rotatable bonds is 20. The Morgan fingerprint density at radius 2 is 1.00 bits per heavy atom. The van der Waals surface area contributed by atoms with Crippen LogP contribution in [0.3, 0.4) is 0 Å². The average Bonchev–Trinajstić information content (AvgIpc) is 2.56. The molecule has 3 nitrogen and oxygen atoms in total. The minimum Gasteiger partial charge on any atom is -0.402 e. The van der Waals surface area contributed by atoms with Crippen molar-refractivity contribution < 1.29 is 14.7 Å². The molecule has 5 heteroatoms. The first-order chi connectivity index (χ1) is 11.8. The van der Waals surface area contributed by atoms with Crippen LogP contribution in [-0.2, 0) is 4.65 Å². The Morgan fingerprint density at radius 3 is 1.38 bits per heavy atom. The van der Waals surface area contributed by atoms with Crippen LogP contribution in [0.1, 0.15) is 110 Å². The summed E-state index contributed by atoms with van der Waals surface area (Å²) in [7, 11) is -0.900. The maximum Gasteiger partial charge on any atom is 0.634 e. The minimum absolute atomic E-state index is 0.483. The van der Waals surface area contributed by atoms with Crippen molar-refractivity contribution in [3.63, 3.8) is 0 Å². The van der Waals surface area contributed by atoms with Crippen LogP contribution in [0.4, 0.5) is 0 Å². The average molecular weight is 360 g/mol. The Bertz CT molecular complexity index is 231. The highest BCUT2D eigenvalue weighted by atomic mass is 31.1. The van der Waals surface area contributed by atoms with E-state index < -0.39 is 7.32 Å². The van der Waals surface area contributed by atoms with Crippen molar-refractivity contribution in [1.29, 1.82) is 0 Å². The van der Waals surface area contributed by atoms with E-state index >= 15 is 0 Å². The van der Waals surface area contributed by atoms with Gasteiger partial charge in [0, 0.05) is 0 Å². The van der Waals surface area contributed by atoms with Crippen molar-refractivity contribution in [2.75, 3.05) is 12.5 Å². The smallest absolute Gasteiger partial charge is 0.402 e. The van der Waals surface area contributed by atoms with Gasteiger partial charge in [0.25, 0.3) is 0 Å². The molecule has 0 heterocycles. The van der Waals surface area contributed by atoms with Crippen LogP contribution in [0.25, 0.3) is 0 Å². The molecule has 1 unspecified atom stereocenters. The Balaban J connectivity index is 2.95. The summed E-state index contributed by atoms with van der Waals surface area (Å²) in [5.74, 6) is 0. The van der Waals surface area contributed by atoms with Gasteiger partial charge in [0.15, 0.2) is 0 Å². The van der Waals surface area contributed by atoms with Crippen molar-refractivity contribution in [3.8, 4) is 0 Å². The van der Waals surface area contributed by atoms with E-state index in [0.29, 0.717) is 14.9 Å². The molecular weight excluding hydrogens is 318 g/mol. The summed E-state index contributed by atoms with van der Waals surface area (Å²) in [6.45, 7) is 2.28. The van der Waals surface area contributed by atoms with Crippen molar-refractivity contribution in [2.24, 2.45) is 0 Å². The molecule has 0 aliphatic heterocycles. The first kappa shape index (κ1) is 24.4. The van der Waals surface area contributed by atoms with Crippen LogP contribution in [0.2, 0.25) is 0 Å². The van der Waals surface area contributed by atoms with E-state index in [2.05, 4.69) is 6.92 Å². The fourth-order valence-corrected chi connectivity index (χ4v) is 3.91. The third-order valence-corrected chi connectivity index (χ3v) is 5.62. The second kappa shape index (κ2) is 21.4. The quantitative estimate of drug-likeness (QED) is 0.162. The molecule has 0 saturated carbocycles. The molecule has 0 saturated heterocycles. The maximum atomic E-state index is 8.53. The second-order valence-electron chi connectivity index (χ2n) is 6.94. The Kier molecular flexibility index (Phi) is 21.8. The molecule has 0 radical (unpaired) electrons. The van der Waals surface area contributed by atoms with Gasteiger partial charge in [-0.1, -0.05) is 112 Å². The van der Waals surface area contributed by atoms with Gasteiger partial charge >= 0.3 is 7.32 Å². The highest BCUT2D eigenvalue weighted by molar-refractivity contribution is 7.37. The van der Waals surface area contributed by atoms with E-state index in [4.69, 9.17) is 14.7 Å². The SMILES string of the molecule is CCCCCCCCCCCCCCCCCCPCOB(O)O. The van der Waals surface area contributed by atoms with Gasteiger partial charge in [0.05, 0.1) is 6.35 Å². The van der Waals surface area contributed by atoms with Crippen LogP contribution in [-0.4, -0.2) is 29.9 Å². The summed E-state index contributed by atoms with van der Waals surface area (Å²) in [6.07, 6.45) is 24.1. The van der Waals surface area contributed by atoms with Gasteiger partial charge in [-0.2, -0.15) is 0 Å². The monoisotopic (exact) mass is 360 g/mol. The van der Waals surface area contributed by atoms with E-state index in [1.165, 1.54) is 103 Å². The molecule has 0 fully saturated rings. The van der Waals surface area contributed by atoms with Gasteiger partial charge in [-0.25, -0.2) is 0 Å². The third kappa shape index (κ3) is 22.4. The van der Waals surface area contributed by atoms with Gasteiger partial charge < -0.3 is 14.7 Å². The Hall–Kier alpha value is 0.375. The van der Waals surface area contributed by atoms with Crippen LogP contribution in [0.5, 0.6) is 0 Å². The fourth-order valence-electron chi connectivity index (χ4n) is 3.00. The maximum absolute atomic E-state index is 8.53. The highest BCUT2D eigenvalue weighted by Crippen LogP contribution is 2.16. The van der Waals surface area contributed by atoms with Gasteiger partial charge in [-0.15, -0.1) is 0 Å². The summed E-state index contributed by atoms with van der Waals surface area (Å²) in [4.78, 5) is 0. The molecule has 0 bridgehead atoms. The summed E-state index contributed by atoms with van der Waals surface area (Å²) in [5, 5.41) is 17.1. The largest absolute Gasteiger partial charge is 0.634 e. The third-order valence-electron chi connectivity index (χ3n) is 4.54. The van der Waals surface area contributed by atoms with Gasteiger partial charge in [0.1, 0.15) is 0 Å². The molecule has 144 valence electrons. The molecule has 0 aliphatic carbocycles. The Morgan fingerprint density at radius 1 is 0.625 bits per heavy atom. The molecule has 0 aromatic heterocycles. The normalized spacial score (nSPS) is 11.6. The van der Waals surface area contributed by atoms with Gasteiger partial charge in [-0.3, -0.25) is 0 Å². The first-order valence-electron chi connectivity index (χ1n) is 10.5. The summed E-state index contributed by atoms with van der Waals surface area (Å²) in [6, 6.07) is 0. The van der Waals surface area contributed by atoms with Crippen molar-refractivity contribution >= 4 is 15.9 Å². The van der Waals surface area contributed by atoms with Crippen molar-refractivity contribution in [3.05, 3.63) is 0 Å². The summed E-state index contributed by atoms with van der Waals surface area (Å²) < 4.78 is 4.69. The van der Waals surface area contributed by atoms with E-state index in [0.717, 1.165) is 6.16 Å². The number of unbranched alkanes of at least 4 members (excludes halogenated alkanes) is 15. The van der Waals surface area contributed by atoms with Crippen LogP contribution >= 0.6 is 8.58 Å². The number of hydrogen-bond donors (Lipinski definition) is 2. The lowest BCUT2D eigenvalue weighted by atomic mass is 10.0. The molecule has 2 N–H and O–H groups in total. The zero-order valence-electron chi connectivity index (χ0n) is 16.1. The second-order valence-corrected chi connectivity index (χ2v) is 8.23. The van der Waals surface area contributed by atoms with Crippen LogP contribution in [0, 0.1) is 0 Å². The lowest BCUT2D eigenvalue weighted by Gasteiger charge is -2.04. The van der Waals surface area contributed by atoms with Crippen molar-refractivity contribution in [2.45, 2.75) is 110 Å². The fraction of sp³-hybridized carbons (Fsp3) is 1.00. The predicted molar refractivity (Wildman–Crippen MR) is 109 cm³/mol. The van der Waals surface area contributed by atoms with E-state index in [1.54, 1.807) is 0 Å². The lowest BCUT2D eigenvalue weighted by molar-refractivity contribution is 0.219. The molecule has 0 amide bonds. The molecule has 0 spiro atoms. The molecule has 0 aromatic rings. The zero-order chi connectivity index (χ0) is 17.7. The van der Waals surface area contributed by atoms with E-state index in [9.17, 15) is 0 Å². The molecule has 24 heavy (non-hydrogen) atoms. The lowest BCUT2D eigenvalue weighted by Crippen LogP contribution is -2.15. The summed E-state index contributed by atoms with van der Waals surface area (Å²) in [5.41, 5.74) is 0. The van der Waals surface area contributed by atoms with Crippen molar-refractivity contribution in [1.82, 2.24) is 0 Å². The molecule has 0 rings (SSSR count).